The van der Waals surface area contributed by atoms with E-state index in [2.05, 4.69) is 52.0 Å². The van der Waals surface area contributed by atoms with Gasteiger partial charge in [-0.05, 0) is 55.5 Å². The van der Waals surface area contributed by atoms with E-state index in [-0.39, 0.29) is 0 Å². The summed E-state index contributed by atoms with van der Waals surface area (Å²) in [6.45, 7) is 8.23. The lowest BCUT2D eigenvalue weighted by Gasteiger charge is -2.19. The minimum Gasteiger partial charge on any atom is -0.384 e. The van der Waals surface area contributed by atoms with Gasteiger partial charge in [0.15, 0.2) is 0 Å². The molecular weight excluding hydrogens is 220 g/mol. The first kappa shape index (κ1) is 12.8. The quantitative estimate of drug-likeness (QED) is 0.841. The van der Waals surface area contributed by atoms with Crippen molar-refractivity contribution in [3.8, 4) is 0 Å². The first-order valence-electron chi connectivity index (χ1n) is 6.32. The summed E-state index contributed by atoms with van der Waals surface area (Å²) in [5, 5.41) is 10.6. The predicted molar refractivity (Wildman–Crippen MR) is 75.9 cm³/mol. The lowest BCUT2D eigenvalue weighted by molar-refractivity contribution is 0.218. The van der Waals surface area contributed by atoms with E-state index < -0.39 is 6.10 Å². The smallest absolute Gasteiger partial charge is 0.105 e. The number of benzene rings is 2. The Kier molecular flexibility index (Phi) is 3.53. The standard InChI is InChI=1S/C17H20O/c1-11-8-9-15(14(4)10-11)17(18)16-12(2)6-5-7-13(16)3/h5-10,17-18H,1-4H3. The fourth-order valence-electron chi connectivity index (χ4n) is 2.55. The van der Waals surface area contributed by atoms with Crippen LogP contribution < -0.4 is 0 Å². The van der Waals surface area contributed by atoms with Crippen LogP contribution in [0.15, 0.2) is 36.4 Å². The van der Waals surface area contributed by atoms with Crippen molar-refractivity contribution in [3.05, 3.63) is 69.8 Å². The number of aliphatic hydroxyl groups is 1. The van der Waals surface area contributed by atoms with Crippen molar-refractivity contribution in [2.24, 2.45) is 0 Å². The monoisotopic (exact) mass is 240 g/mol. The maximum absolute atomic E-state index is 10.6. The van der Waals surface area contributed by atoms with E-state index in [1.165, 1.54) is 5.56 Å². The van der Waals surface area contributed by atoms with Gasteiger partial charge in [-0.1, -0.05) is 42.0 Å². The maximum atomic E-state index is 10.6. The summed E-state index contributed by atoms with van der Waals surface area (Å²) in [6, 6.07) is 12.3. The van der Waals surface area contributed by atoms with Gasteiger partial charge < -0.3 is 5.11 Å². The van der Waals surface area contributed by atoms with Crippen molar-refractivity contribution in [1.82, 2.24) is 0 Å². The minimum absolute atomic E-state index is 0.535. The second-order valence-electron chi connectivity index (χ2n) is 5.07. The molecule has 0 aliphatic carbocycles. The van der Waals surface area contributed by atoms with E-state index in [0.29, 0.717) is 0 Å². The molecule has 1 unspecified atom stereocenters. The maximum Gasteiger partial charge on any atom is 0.105 e. The highest BCUT2D eigenvalue weighted by Crippen LogP contribution is 2.29. The average molecular weight is 240 g/mol. The molecule has 0 aliphatic rings. The van der Waals surface area contributed by atoms with Crippen LogP contribution in [0.3, 0.4) is 0 Å². The van der Waals surface area contributed by atoms with Crippen LogP contribution in [0.5, 0.6) is 0 Å². The van der Waals surface area contributed by atoms with Crippen LogP contribution in [0.4, 0.5) is 0 Å². The van der Waals surface area contributed by atoms with Gasteiger partial charge in [0, 0.05) is 0 Å². The molecule has 2 rings (SSSR count). The number of aliphatic hydroxyl groups excluding tert-OH is 1. The van der Waals surface area contributed by atoms with Gasteiger partial charge in [0.05, 0.1) is 0 Å². The topological polar surface area (TPSA) is 20.2 Å². The van der Waals surface area contributed by atoms with Gasteiger partial charge in [-0.3, -0.25) is 0 Å². The molecule has 1 N–H and O–H groups in total. The summed E-state index contributed by atoms with van der Waals surface area (Å²) in [7, 11) is 0. The van der Waals surface area contributed by atoms with Gasteiger partial charge >= 0.3 is 0 Å². The van der Waals surface area contributed by atoms with Crippen LogP contribution in [0.2, 0.25) is 0 Å². The fraction of sp³-hybridized carbons (Fsp3) is 0.294. The molecule has 0 aliphatic heterocycles. The first-order valence-corrected chi connectivity index (χ1v) is 6.32. The molecule has 0 heterocycles. The Morgan fingerprint density at radius 2 is 1.44 bits per heavy atom. The zero-order valence-electron chi connectivity index (χ0n) is 11.5. The Bertz CT molecular complexity index is 550. The lowest BCUT2D eigenvalue weighted by Crippen LogP contribution is -2.06. The van der Waals surface area contributed by atoms with Crippen molar-refractivity contribution >= 4 is 0 Å². The molecule has 0 spiro atoms. The SMILES string of the molecule is Cc1ccc(C(O)c2c(C)cccc2C)c(C)c1. The number of hydrogen-bond donors (Lipinski definition) is 1. The van der Waals surface area contributed by atoms with Gasteiger partial charge in [0.25, 0.3) is 0 Å². The van der Waals surface area contributed by atoms with Gasteiger partial charge in [-0.25, -0.2) is 0 Å². The van der Waals surface area contributed by atoms with E-state index in [9.17, 15) is 5.11 Å². The van der Waals surface area contributed by atoms with Gasteiger partial charge in [0.1, 0.15) is 6.10 Å². The molecule has 1 nitrogen and oxygen atoms in total. The van der Waals surface area contributed by atoms with Crippen molar-refractivity contribution in [2.45, 2.75) is 33.8 Å². The van der Waals surface area contributed by atoms with Crippen molar-refractivity contribution < 1.29 is 5.11 Å². The highest BCUT2D eigenvalue weighted by Gasteiger charge is 2.16. The average Bonchev–Trinajstić information content (AvgIpc) is 2.28. The van der Waals surface area contributed by atoms with Gasteiger partial charge in [-0.15, -0.1) is 0 Å². The normalized spacial score (nSPS) is 12.5. The van der Waals surface area contributed by atoms with Crippen LogP contribution in [0.25, 0.3) is 0 Å². The highest BCUT2D eigenvalue weighted by molar-refractivity contribution is 5.43. The van der Waals surface area contributed by atoms with E-state index in [1.807, 2.05) is 12.1 Å². The molecule has 0 saturated heterocycles. The van der Waals surface area contributed by atoms with E-state index in [1.54, 1.807) is 0 Å². The molecule has 1 atom stereocenters. The molecule has 0 saturated carbocycles. The van der Waals surface area contributed by atoms with E-state index in [0.717, 1.165) is 27.8 Å². The van der Waals surface area contributed by atoms with Crippen molar-refractivity contribution in [2.75, 3.05) is 0 Å². The Labute approximate surface area is 109 Å². The summed E-state index contributed by atoms with van der Waals surface area (Å²) in [4.78, 5) is 0. The van der Waals surface area contributed by atoms with Crippen LogP contribution >= 0.6 is 0 Å². The Morgan fingerprint density at radius 1 is 0.833 bits per heavy atom. The molecule has 2 aromatic carbocycles. The van der Waals surface area contributed by atoms with E-state index in [4.69, 9.17) is 0 Å². The van der Waals surface area contributed by atoms with Crippen LogP contribution in [0.1, 0.15) is 39.5 Å². The molecule has 1 heteroatoms. The van der Waals surface area contributed by atoms with E-state index >= 15 is 0 Å². The molecular formula is C17H20O. The zero-order valence-corrected chi connectivity index (χ0v) is 11.5. The zero-order chi connectivity index (χ0) is 13.3. The second kappa shape index (κ2) is 4.95. The molecule has 0 radical (unpaired) electrons. The first-order chi connectivity index (χ1) is 8.50. The third-order valence-electron chi connectivity index (χ3n) is 3.54. The predicted octanol–water partition coefficient (Wildman–Crippen LogP) is 4.00. The van der Waals surface area contributed by atoms with Crippen LogP contribution in [-0.2, 0) is 0 Å². The summed E-state index contributed by atoms with van der Waals surface area (Å²) < 4.78 is 0. The lowest BCUT2D eigenvalue weighted by atomic mass is 9.91. The molecule has 0 amide bonds. The van der Waals surface area contributed by atoms with Crippen molar-refractivity contribution in [3.63, 3.8) is 0 Å². The molecule has 2 aromatic rings. The fourth-order valence-corrected chi connectivity index (χ4v) is 2.55. The number of hydrogen-bond acceptors (Lipinski definition) is 1. The molecule has 18 heavy (non-hydrogen) atoms. The van der Waals surface area contributed by atoms with Gasteiger partial charge in [0.2, 0.25) is 0 Å². The Morgan fingerprint density at radius 3 is 2.00 bits per heavy atom. The van der Waals surface area contributed by atoms with Crippen molar-refractivity contribution in [1.29, 1.82) is 0 Å². The largest absolute Gasteiger partial charge is 0.384 e. The van der Waals surface area contributed by atoms with Crippen LogP contribution in [-0.4, -0.2) is 5.11 Å². The third-order valence-corrected chi connectivity index (χ3v) is 3.54. The Hall–Kier alpha value is -1.60. The molecule has 0 bridgehead atoms. The Balaban J connectivity index is 2.51. The molecule has 0 aromatic heterocycles. The van der Waals surface area contributed by atoms with Gasteiger partial charge in [-0.2, -0.15) is 0 Å². The minimum atomic E-state index is -0.535. The summed E-state index contributed by atoms with van der Waals surface area (Å²) in [5.41, 5.74) is 6.68. The third kappa shape index (κ3) is 2.32. The summed E-state index contributed by atoms with van der Waals surface area (Å²) >= 11 is 0. The second-order valence-corrected chi connectivity index (χ2v) is 5.07. The highest BCUT2D eigenvalue weighted by atomic mass is 16.3. The number of rotatable bonds is 2. The van der Waals surface area contributed by atoms with Crippen LogP contribution in [0, 0.1) is 27.7 Å². The summed E-state index contributed by atoms with van der Waals surface area (Å²) in [5.74, 6) is 0. The summed E-state index contributed by atoms with van der Waals surface area (Å²) in [6.07, 6.45) is -0.535. The molecule has 94 valence electrons. The molecule has 0 fully saturated rings. The number of aryl methyl sites for hydroxylation is 4.